The lowest BCUT2D eigenvalue weighted by atomic mass is 9.68. The minimum atomic E-state index is 0.133. The molecule has 1 aliphatic carbocycles. The first-order valence-corrected chi connectivity index (χ1v) is 7.49. The molecular formula is C14H30N4. The Kier molecular flexibility index (Phi) is 4.64. The Balaban J connectivity index is 1.99. The number of hydrogen-bond acceptors (Lipinski definition) is 4. The van der Waals surface area contributed by atoms with E-state index in [4.69, 9.17) is 5.73 Å². The second kappa shape index (κ2) is 5.87. The predicted octanol–water partition coefficient (Wildman–Crippen LogP) is 0.892. The van der Waals surface area contributed by atoms with Gasteiger partial charge in [-0.15, -0.1) is 0 Å². The third kappa shape index (κ3) is 2.87. The van der Waals surface area contributed by atoms with Gasteiger partial charge >= 0.3 is 0 Å². The molecule has 2 fully saturated rings. The Labute approximate surface area is 112 Å². The number of nitrogens with zero attached hydrogens (tertiary/aromatic N) is 2. The van der Waals surface area contributed by atoms with E-state index in [1.165, 1.54) is 19.3 Å². The van der Waals surface area contributed by atoms with Crippen LogP contribution >= 0.6 is 0 Å². The number of hydrazine groups is 1. The van der Waals surface area contributed by atoms with E-state index in [9.17, 15) is 0 Å². The largest absolute Gasteiger partial charge is 0.329 e. The first-order chi connectivity index (χ1) is 8.57. The van der Waals surface area contributed by atoms with E-state index < -0.39 is 0 Å². The number of nitrogens with two attached hydrogens (primary N) is 1. The van der Waals surface area contributed by atoms with Gasteiger partial charge in [-0.05, 0) is 25.3 Å². The minimum absolute atomic E-state index is 0.133. The zero-order chi connectivity index (χ0) is 13.2. The summed E-state index contributed by atoms with van der Waals surface area (Å²) in [5.74, 6) is 1.44. The van der Waals surface area contributed by atoms with Crippen LogP contribution in [0, 0.1) is 11.8 Å². The molecule has 0 radical (unpaired) electrons. The molecule has 18 heavy (non-hydrogen) atoms. The fourth-order valence-electron chi connectivity index (χ4n) is 3.49. The van der Waals surface area contributed by atoms with E-state index in [1.807, 2.05) is 0 Å². The highest BCUT2D eigenvalue weighted by molar-refractivity contribution is 4.98. The highest BCUT2D eigenvalue weighted by Crippen LogP contribution is 2.37. The molecule has 3 atom stereocenters. The SMILES string of the molecule is CC1CCCC(CN)(NN2CCN(C)CC2)C1C. The summed E-state index contributed by atoms with van der Waals surface area (Å²) in [7, 11) is 2.20. The van der Waals surface area contributed by atoms with Gasteiger partial charge in [0.05, 0.1) is 0 Å². The van der Waals surface area contributed by atoms with Crippen molar-refractivity contribution in [1.29, 1.82) is 0 Å². The molecule has 0 aromatic rings. The summed E-state index contributed by atoms with van der Waals surface area (Å²) in [6, 6.07) is 0. The molecule has 0 bridgehead atoms. The fraction of sp³-hybridized carbons (Fsp3) is 1.00. The Bertz CT molecular complexity index is 263. The zero-order valence-electron chi connectivity index (χ0n) is 12.3. The topological polar surface area (TPSA) is 44.5 Å². The van der Waals surface area contributed by atoms with E-state index in [1.54, 1.807) is 0 Å². The Hall–Kier alpha value is -0.160. The summed E-state index contributed by atoms with van der Waals surface area (Å²) in [4.78, 5) is 2.39. The molecule has 2 aliphatic rings. The maximum atomic E-state index is 6.14. The number of nitrogens with one attached hydrogen (secondary N) is 1. The average Bonchev–Trinajstić information content (AvgIpc) is 2.38. The molecule has 1 saturated carbocycles. The van der Waals surface area contributed by atoms with Gasteiger partial charge in [-0.25, -0.2) is 10.4 Å². The van der Waals surface area contributed by atoms with Crippen molar-refractivity contribution in [2.45, 2.75) is 38.6 Å². The standard InChI is InChI=1S/C14H30N4/c1-12-5-4-6-14(11-15,13(12)2)16-18-9-7-17(3)8-10-18/h12-13,16H,4-11,15H2,1-3H3. The summed E-state index contributed by atoms with van der Waals surface area (Å²) >= 11 is 0. The molecule has 0 spiro atoms. The third-order valence-corrected chi connectivity index (χ3v) is 5.26. The number of rotatable bonds is 3. The van der Waals surface area contributed by atoms with Crippen LogP contribution in [0.4, 0.5) is 0 Å². The third-order valence-electron chi connectivity index (χ3n) is 5.26. The smallest absolute Gasteiger partial charge is 0.0476 e. The maximum absolute atomic E-state index is 6.14. The quantitative estimate of drug-likeness (QED) is 0.785. The van der Waals surface area contributed by atoms with Crippen molar-refractivity contribution in [1.82, 2.24) is 15.3 Å². The van der Waals surface area contributed by atoms with Gasteiger partial charge in [0.25, 0.3) is 0 Å². The van der Waals surface area contributed by atoms with Crippen LogP contribution < -0.4 is 11.2 Å². The van der Waals surface area contributed by atoms with Crippen LogP contribution in [0.3, 0.4) is 0 Å². The second-order valence-corrected chi connectivity index (χ2v) is 6.42. The molecule has 106 valence electrons. The summed E-state index contributed by atoms with van der Waals surface area (Å²) in [5.41, 5.74) is 10.1. The lowest BCUT2D eigenvalue weighted by Gasteiger charge is -2.49. The lowest BCUT2D eigenvalue weighted by molar-refractivity contribution is 0.000319. The second-order valence-electron chi connectivity index (χ2n) is 6.42. The summed E-state index contributed by atoms with van der Waals surface area (Å²) in [6.07, 6.45) is 3.89. The van der Waals surface area contributed by atoms with Crippen LogP contribution in [-0.4, -0.2) is 55.2 Å². The molecule has 4 nitrogen and oxygen atoms in total. The van der Waals surface area contributed by atoms with E-state index >= 15 is 0 Å². The van der Waals surface area contributed by atoms with E-state index in [0.29, 0.717) is 5.92 Å². The average molecular weight is 254 g/mol. The first-order valence-electron chi connectivity index (χ1n) is 7.49. The van der Waals surface area contributed by atoms with Crippen LogP contribution in [0.15, 0.2) is 0 Å². The van der Waals surface area contributed by atoms with E-state index in [-0.39, 0.29) is 5.54 Å². The van der Waals surface area contributed by atoms with Gasteiger partial charge in [-0.2, -0.15) is 0 Å². The summed E-state index contributed by atoms with van der Waals surface area (Å²) in [6.45, 7) is 10.0. The van der Waals surface area contributed by atoms with Crippen LogP contribution in [0.25, 0.3) is 0 Å². The molecule has 3 unspecified atom stereocenters. The molecule has 1 saturated heterocycles. The van der Waals surface area contributed by atoms with Crippen LogP contribution in [0.5, 0.6) is 0 Å². The molecule has 0 aromatic heterocycles. The van der Waals surface area contributed by atoms with Crippen molar-refractivity contribution in [3.05, 3.63) is 0 Å². The van der Waals surface area contributed by atoms with Gasteiger partial charge in [0, 0.05) is 38.3 Å². The first kappa shape index (κ1) is 14.3. The molecule has 1 aliphatic heterocycles. The van der Waals surface area contributed by atoms with E-state index in [2.05, 4.69) is 36.2 Å². The molecular weight excluding hydrogens is 224 g/mol. The van der Waals surface area contributed by atoms with Crippen molar-refractivity contribution in [2.24, 2.45) is 17.6 Å². The highest BCUT2D eigenvalue weighted by Gasteiger charge is 2.41. The van der Waals surface area contributed by atoms with Crippen LogP contribution in [0.2, 0.25) is 0 Å². The summed E-state index contributed by atoms with van der Waals surface area (Å²) < 4.78 is 0. The Morgan fingerprint density at radius 1 is 1.22 bits per heavy atom. The molecule has 3 N–H and O–H groups in total. The van der Waals surface area contributed by atoms with Crippen LogP contribution in [-0.2, 0) is 0 Å². The van der Waals surface area contributed by atoms with Gasteiger partial charge in [0.2, 0.25) is 0 Å². The van der Waals surface area contributed by atoms with Gasteiger partial charge in [0.15, 0.2) is 0 Å². The van der Waals surface area contributed by atoms with Crippen molar-refractivity contribution < 1.29 is 0 Å². The Morgan fingerprint density at radius 2 is 1.89 bits per heavy atom. The molecule has 1 heterocycles. The molecule has 0 amide bonds. The highest BCUT2D eigenvalue weighted by atomic mass is 15.5. The lowest BCUT2D eigenvalue weighted by Crippen LogP contribution is -2.66. The van der Waals surface area contributed by atoms with Crippen LogP contribution in [0.1, 0.15) is 33.1 Å². The van der Waals surface area contributed by atoms with Crippen molar-refractivity contribution >= 4 is 0 Å². The Morgan fingerprint density at radius 3 is 2.50 bits per heavy atom. The number of piperazine rings is 1. The monoisotopic (exact) mass is 254 g/mol. The molecule has 0 aromatic carbocycles. The minimum Gasteiger partial charge on any atom is -0.329 e. The van der Waals surface area contributed by atoms with Gasteiger partial charge in [0.1, 0.15) is 0 Å². The number of hydrogen-bond donors (Lipinski definition) is 2. The van der Waals surface area contributed by atoms with Crippen molar-refractivity contribution in [3.8, 4) is 0 Å². The maximum Gasteiger partial charge on any atom is 0.0476 e. The molecule has 4 heteroatoms. The van der Waals surface area contributed by atoms with Gasteiger partial charge in [-0.3, -0.25) is 0 Å². The zero-order valence-corrected chi connectivity index (χ0v) is 12.3. The van der Waals surface area contributed by atoms with Gasteiger partial charge in [-0.1, -0.05) is 26.7 Å². The fourth-order valence-corrected chi connectivity index (χ4v) is 3.49. The normalized spacial score (nSPS) is 40.0. The van der Waals surface area contributed by atoms with Gasteiger partial charge < -0.3 is 10.6 Å². The van der Waals surface area contributed by atoms with E-state index in [0.717, 1.165) is 38.6 Å². The predicted molar refractivity (Wildman–Crippen MR) is 76.2 cm³/mol. The molecule has 2 rings (SSSR count). The summed E-state index contributed by atoms with van der Waals surface area (Å²) in [5, 5.41) is 2.40. The number of likely N-dealkylation sites (N-methyl/N-ethyl adjacent to an activating group) is 1. The van der Waals surface area contributed by atoms with Crippen molar-refractivity contribution in [3.63, 3.8) is 0 Å². The van der Waals surface area contributed by atoms with Crippen molar-refractivity contribution in [2.75, 3.05) is 39.8 Å².